The van der Waals surface area contributed by atoms with Gasteiger partial charge in [0.05, 0.1) is 18.2 Å². The zero-order valence-corrected chi connectivity index (χ0v) is 20.2. The van der Waals surface area contributed by atoms with Gasteiger partial charge in [-0.05, 0) is 78.3 Å². The number of anilines is 2. The summed E-state index contributed by atoms with van der Waals surface area (Å²) in [6, 6.07) is 7.94. The second kappa shape index (κ2) is 9.77. The molecule has 2 N–H and O–H groups in total. The number of carbonyl (C=O) groups excluding carboxylic acids is 1. The van der Waals surface area contributed by atoms with Gasteiger partial charge in [0.25, 0.3) is 5.91 Å². The zero-order valence-electron chi connectivity index (χ0n) is 19.4. The van der Waals surface area contributed by atoms with Gasteiger partial charge in [0, 0.05) is 41.4 Å². The van der Waals surface area contributed by atoms with Gasteiger partial charge in [0.15, 0.2) is 0 Å². The number of rotatable bonds is 5. The molecule has 0 bridgehead atoms. The van der Waals surface area contributed by atoms with E-state index in [1.807, 2.05) is 64.1 Å². The van der Waals surface area contributed by atoms with E-state index >= 15 is 0 Å². The Bertz CT molecular complexity index is 835. The molecule has 1 saturated heterocycles. The molecule has 0 spiro atoms. The molecule has 1 fully saturated rings. The van der Waals surface area contributed by atoms with E-state index in [0.29, 0.717) is 12.0 Å². The van der Waals surface area contributed by atoms with Crippen molar-refractivity contribution >= 4 is 28.6 Å². The third-order valence-corrected chi connectivity index (χ3v) is 7.09. The molecule has 1 aromatic rings. The van der Waals surface area contributed by atoms with Crippen LogP contribution in [-0.4, -0.2) is 46.5 Å². The Morgan fingerprint density at radius 2 is 1.77 bits per heavy atom. The third-order valence-electron chi connectivity index (χ3n) is 5.48. The minimum absolute atomic E-state index is 0.0193. The maximum Gasteiger partial charge on any atom is 0.255 e. The number of benzene rings is 1. The lowest BCUT2D eigenvalue weighted by Crippen LogP contribution is -2.45. The fraction of sp³-hybridized carbons (Fsp3) is 0.542. The lowest BCUT2D eigenvalue weighted by Gasteiger charge is -2.36. The highest BCUT2D eigenvalue weighted by atomic mass is 32.2. The second-order valence-electron chi connectivity index (χ2n) is 9.50. The summed E-state index contributed by atoms with van der Waals surface area (Å²) in [7, 11) is 0. The molecule has 1 aliphatic heterocycles. The van der Waals surface area contributed by atoms with Gasteiger partial charge in [-0.3, -0.25) is 4.79 Å². The fourth-order valence-corrected chi connectivity index (χ4v) is 4.68. The van der Waals surface area contributed by atoms with Crippen molar-refractivity contribution in [2.75, 3.05) is 23.3 Å². The highest BCUT2D eigenvalue weighted by Gasteiger charge is 2.30. The average Bonchev–Trinajstić information content (AvgIpc) is 2.68. The van der Waals surface area contributed by atoms with E-state index in [9.17, 15) is 9.35 Å². The van der Waals surface area contributed by atoms with Crippen molar-refractivity contribution < 1.29 is 14.1 Å². The second-order valence-corrected chi connectivity index (χ2v) is 11.5. The maximum absolute atomic E-state index is 12.7. The normalized spacial score (nSPS) is 25.5. The third kappa shape index (κ3) is 6.35. The standard InChI is InChI=1S/C24H35N3O3S/c1-16-13-19(7-12-22(16)26-31(29)24(4,5)6)23(28)25-20-8-10-21(11-9-20)27-14-17(2)30-18(3)15-27/h7-11,13,17-18,22,26H,12,14-15H2,1-6H3,(H,25,28). The molecule has 0 saturated carbocycles. The van der Waals surface area contributed by atoms with Crippen LogP contribution in [0.4, 0.5) is 11.4 Å². The van der Waals surface area contributed by atoms with E-state index in [1.54, 1.807) is 0 Å². The molecule has 31 heavy (non-hydrogen) atoms. The largest absolute Gasteiger partial charge is 0.598 e. The van der Waals surface area contributed by atoms with Gasteiger partial charge in [-0.15, -0.1) is 4.72 Å². The van der Waals surface area contributed by atoms with Crippen LogP contribution in [-0.2, 0) is 20.9 Å². The van der Waals surface area contributed by atoms with E-state index in [4.69, 9.17) is 4.74 Å². The van der Waals surface area contributed by atoms with E-state index in [-0.39, 0.29) is 28.9 Å². The van der Waals surface area contributed by atoms with Gasteiger partial charge in [-0.2, -0.15) is 0 Å². The Morgan fingerprint density at radius 3 is 2.32 bits per heavy atom. The smallest absolute Gasteiger partial charge is 0.255 e. The summed E-state index contributed by atoms with van der Waals surface area (Å²) in [5.41, 5.74) is 3.55. The monoisotopic (exact) mass is 445 g/mol. The fourth-order valence-electron chi connectivity index (χ4n) is 3.79. The Balaban J connectivity index is 1.58. The lowest BCUT2D eigenvalue weighted by molar-refractivity contribution is -0.112. The minimum atomic E-state index is -1.15. The number of nitrogens with one attached hydrogen (secondary N) is 2. The van der Waals surface area contributed by atoms with Gasteiger partial charge >= 0.3 is 0 Å². The molecule has 0 radical (unpaired) electrons. The predicted octanol–water partition coefficient (Wildman–Crippen LogP) is 3.94. The van der Waals surface area contributed by atoms with Crippen LogP contribution in [0.5, 0.6) is 0 Å². The highest BCUT2D eigenvalue weighted by molar-refractivity contribution is 7.90. The molecule has 1 amide bonds. The summed E-state index contributed by atoms with van der Waals surface area (Å²) in [5, 5.41) is 2.98. The van der Waals surface area contributed by atoms with Crippen LogP contribution in [0.25, 0.3) is 0 Å². The van der Waals surface area contributed by atoms with Gasteiger partial charge in [-0.1, -0.05) is 11.6 Å². The first-order valence-corrected chi connectivity index (χ1v) is 12.1. The Labute approximate surface area is 189 Å². The zero-order chi connectivity index (χ0) is 22.8. The van der Waals surface area contributed by atoms with Gasteiger partial charge in [0.2, 0.25) is 0 Å². The number of ether oxygens (including phenoxy) is 1. The van der Waals surface area contributed by atoms with Crippen molar-refractivity contribution in [2.24, 2.45) is 0 Å². The molecular formula is C24H35N3O3S. The van der Waals surface area contributed by atoms with Crippen LogP contribution in [0, 0.1) is 0 Å². The predicted molar refractivity (Wildman–Crippen MR) is 129 cm³/mol. The number of hydrogen-bond acceptors (Lipinski definition) is 5. The summed E-state index contributed by atoms with van der Waals surface area (Å²) >= 11 is -1.15. The molecular weight excluding hydrogens is 410 g/mol. The molecule has 1 aromatic carbocycles. The van der Waals surface area contributed by atoms with Crippen LogP contribution in [0.1, 0.15) is 48.0 Å². The SMILES string of the molecule is CC1=CC(C(=O)Nc2ccc(N3CC(C)OC(C)C3)cc2)=CCC1N[S+]([O-])C(C)(C)C. The Hall–Kier alpha value is -1.80. The Morgan fingerprint density at radius 1 is 1.16 bits per heavy atom. The summed E-state index contributed by atoms with van der Waals surface area (Å²) in [6.07, 6.45) is 4.83. The summed E-state index contributed by atoms with van der Waals surface area (Å²) in [5.74, 6) is -0.129. The highest BCUT2D eigenvalue weighted by Crippen LogP contribution is 2.25. The first-order valence-electron chi connectivity index (χ1n) is 10.9. The van der Waals surface area contributed by atoms with E-state index in [1.165, 1.54) is 0 Å². The molecule has 4 atom stereocenters. The molecule has 7 heteroatoms. The quantitative estimate of drug-likeness (QED) is 0.672. The number of nitrogens with zero attached hydrogens (tertiary/aromatic N) is 1. The van der Waals surface area contributed by atoms with Crippen LogP contribution < -0.4 is 14.9 Å². The van der Waals surface area contributed by atoms with Crippen LogP contribution in [0.3, 0.4) is 0 Å². The minimum Gasteiger partial charge on any atom is -0.598 e. The number of hydrogen-bond donors (Lipinski definition) is 2. The van der Waals surface area contributed by atoms with Crippen molar-refractivity contribution in [3.63, 3.8) is 0 Å². The molecule has 4 unspecified atom stereocenters. The molecule has 1 aliphatic carbocycles. The number of morpholine rings is 1. The topological polar surface area (TPSA) is 76.7 Å². The number of carbonyl (C=O) groups is 1. The molecule has 2 aliphatic rings. The van der Waals surface area contributed by atoms with E-state index < -0.39 is 11.4 Å². The summed E-state index contributed by atoms with van der Waals surface area (Å²) in [6.45, 7) is 13.7. The first-order chi connectivity index (χ1) is 14.5. The maximum atomic E-state index is 12.7. The van der Waals surface area contributed by atoms with Gasteiger partial charge < -0.3 is 19.5 Å². The molecule has 3 rings (SSSR count). The number of amides is 1. The van der Waals surface area contributed by atoms with Crippen LogP contribution >= 0.6 is 0 Å². The van der Waals surface area contributed by atoms with Crippen molar-refractivity contribution in [3.05, 3.63) is 47.6 Å². The van der Waals surface area contributed by atoms with Crippen molar-refractivity contribution in [2.45, 2.75) is 71.0 Å². The van der Waals surface area contributed by atoms with Crippen molar-refractivity contribution in [1.29, 1.82) is 0 Å². The van der Waals surface area contributed by atoms with E-state index in [0.717, 1.165) is 30.0 Å². The van der Waals surface area contributed by atoms with Crippen molar-refractivity contribution in [3.8, 4) is 0 Å². The summed E-state index contributed by atoms with van der Waals surface area (Å²) in [4.78, 5) is 15.1. The lowest BCUT2D eigenvalue weighted by atomic mass is 9.96. The molecule has 1 heterocycles. The van der Waals surface area contributed by atoms with E-state index in [2.05, 4.69) is 28.8 Å². The first kappa shape index (κ1) is 23.9. The molecule has 0 aromatic heterocycles. The van der Waals surface area contributed by atoms with Crippen LogP contribution in [0.2, 0.25) is 0 Å². The summed E-state index contributed by atoms with van der Waals surface area (Å²) < 4.78 is 21.0. The van der Waals surface area contributed by atoms with Gasteiger partial charge in [-0.25, -0.2) is 0 Å². The molecule has 170 valence electrons. The van der Waals surface area contributed by atoms with Crippen LogP contribution in [0.15, 0.2) is 47.6 Å². The average molecular weight is 446 g/mol. The van der Waals surface area contributed by atoms with Gasteiger partial charge in [0.1, 0.15) is 4.75 Å². The van der Waals surface area contributed by atoms with Crippen molar-refractivity contribution in [1.82, 2.24) is 4.72 Å². The molecule has 6 nitrogen and oxygen atoms in total. The Kier molecular flexibility index (Phi) is 7.52.